The zero-order valence-electron chi connectivity index (χ0n) is 19.7. The molecule has 0 spiro atoms. The standard InChI is InChI=1S/C26H23F4N5O/c1-15-5-3-6-16(11-15)12-22-31-20(14-23(36)32-22)24-21-7-4-10-25(2,35(21)34-33-24)18-9-8-17(13-19(18)27)26(28,29)30/h3,5-6,8-9,11,13-14H,4,7,10,12H2,1-2H3,(H,31,32,36). The fraction of sp³-hybridized carbons (Fsp3) is 0.308. The van der Waals surface area contributed by atoms with Gasteiger partial charge >= 0.3 is 6.18 Å². The average Bonchev–Trinajstić information content (AvgIpc) is 3.24. The first-order chi connectivity index (χ1) is 17.0. The van der Waals surface area contributed by atoms with Crippen LogP contribution in [0, 0.1) is 12.7 Å². The number of fused-ring (bicyclic) bond motifs is 1. The molecule has 6 nitrogen and oxygen atoms in total. The summed E-state index contributed by atoms with van der Waals surface area (Å²) in [5, 5.41) is 8.53. The molecule has 186 valence electrons. The number of nitrogens with zero attached hydrogens (tertiary/aromatic N) is 4. The summed E-state index contributed by atoms with van der Waals surface area (Å²) in [6, 6.07) is 11.8. The van der Waals surface area contributed by atoms with Gasteiger partial charge in [0.2, 0.25) is 0 Å². The van der Waals surface area contributed by atoms with E-state index < -0.39 is 23.1 Å². The summed E-state index contributed by atoms with van der Waals surface area (Å²) in [6.07, 6.45) is -2.56. The fourth-order valence-electron chi connectivity index (χ4n) is 4.93. The second-order valence-electron chi connectivity index (χ2n) is 9.36. The van der Waals surface area contributed by atoms with Crippen LogP contribution in [0.1, 0.15) is 53.5 Å². The molecule has 36 heavy (non-hydrogen) atoms. The molecule has 1 aliphatic heterocycles. The van der Waals surface area contributed by atoms with Crippen LogP contribution >= 0.6 is 0 Å². The van der Waals surface area contributed by atoms with E-state index in [1.54, 1.807) is 11.6 Å². The van der Waals surface area contributed by atoms with E-state index in [2.05, 4.69) is 20.3 Å². The van der Waals surface area contributed by atoms with Gasteiger partial charge in [0.15, 0.2) is 0 Å². The molecule has 1 N–H and O–H groups in total. The summed E-state index contributed by atoms with van der Waals surface area (Å²) in [4.78, 5) is 19.8. The molecular formula is C26H23F4N5O. The van der Waals surface area contributed by atoms with Crippen LogP contribution in [0.3, 0.4) is 0 Å². The van der Waals surface area contributed by atoms with Crippen molar-refractivity contribution in [3.8, 4) is 11.4 Å². The summed E-state index contributed by atoms with van der Waals surface area (Å²) < 4.78 is 55.7. The molecule has 4 aromatic rings. The Labute approximate surface area is 204 Å². The van der Waals surface area contributed by atoms with E-state index in [1.807, 2.05) is 31.2 Å². The number of H-pyrrole nitrogens is 1. The molecular weight excluding hydrogens is 474 g/mol. The van der Waals surface area contributed by atoms with Crippen LogP contribution in [0.4, 0.5) is 17.6 Å². The van der Waals surface area contributed by atoms with Crippen LogP contribution in [-0.4, -0.2) is 25.0 Å². The minimum absolute atomic E-state index is 0.104. The van der Waals surface area contributed by atoms with Crippen molar-refractivity contribution in [2.24, 2.45) is 0 Å². The summed E-state index contributed by atoms with van der Waals surface area (Å²) >= 11 is 0. The Morgan fingerprint density at radius 3 is 2.67 bits per heavy atom. The lowest BCUT2D eigenvalue weighted by molar-refractivity contribution is -0.137. The largest absolute Gasteiger partial charge is 0.416 e. The lowest BCUT2D eigenvalue weighted by atomic mass is 9.82. The number of nitrogens with one attached hydrogen (secondary N) is 1. The maximum Gasteiger partial charge on any atom is 0.416 e. The Kier molecular flexibility index (Phi) is 5.77. The molecule has 0 bridgehead atoms. The van der Waals surface area contributed by atoms with E-state index in [-0.39, 0.29) is 11.1 Å². The number of halogens is 4. The minimum Gasteiger partial charge on any atom is -0.310 e. The minimum atomic E-state index is -4.64. The highest BCUT2D eigenvalue weighted by atomic mass is 19.4. The first-order valence-corrected chi connectivity index (χ1v) is 11.5. The maximum absolute atomic E-state index is 15.0. The molecule has 0 amide bonds. The van der Waals surface area contributed by atoms with Gasteiger partial charge in [0.05, 0.1) is 16.8 Å². The number of aromatic nitrogens is 5. The van der Waals surface area contributed by atoms with E-state index in [1.165, 1.54) is 12.1 Å². The molecule has 3 heterocycles. The van der Waals surface area contributed by atoms with Crippen molar-refractivity contribution >= 4 is 0 Å². The topological polar surface area (TPSA) is 76.5 Å². The van der Waals surface area contributed by atoms with E-state index in [0.717, 1.165) is 17.2 Å². The third kappa shape index (κ3) is 4.31. The molecule has 0 saturated heterocycles. The second-order valence-corrected chi connectivity index (χ2v) is 9.36. The number of hydrogen-bond acceptors (Lipinski definition) is 4. The average molecular weight is 497 g/mol. The van der Waals surface area contributed by atoms with Crippen molar-refractivity contribution < 1.29 is 17.6 Å². The fourth-order valence-corrected chi connectivity index (χ4v) is 4.93. The van der Waals surface area contributed by atoms with Crippen molar-refractivity contribution in [3.05, 3.63) is 98.5 Å². The third-order valence-corrected chi connectivity index (χ3v) is 6.67. The number of aromatic amines is 1. The van der Waals surface area contributed by atoms with Crippen LogP contribution < -0.4 is 5.56 Å². The van der Waals surface area contributed by atoms with Crippen LogP contribution in [0.2, 0.25) is 0 Å². The molecule has 0 saturated carbocycles. The van der Waals surface area contributed by atoms with Crippen molar-refractivity contribution in [2.45, 2.75) is 51.2 Å². The van der Waals surface area contributed by atoms with Gasteiger partial charge < -0.3 is 4.98 Å². The van der Waals surface area contributed by atoms with Crippen molar-refractivity contribution in [3.63, 3.8) is 0 Å². The molecule has 2 aromatic carbocycles. The number of rotatable bonds is 4. The van der Waals surface area contributed by atoms with Crippen LogP contribution in [0.15, 0.2) is 53.3 Å². The van der Waals surface area contributed by atoms with Crippen LogP contribution in [0.25, 0.3) is 11.4 Å². The molecule has 0 radical (unpaired) electrons. The van der Waals surface area contributed by atoms with Gasteiger partial charge in [0.1, 0.15) is 23.0 Å². The Balaban J connectivity index is 1.54. The van der Waals surface area contributed by atoms with Crippen molar-refractivity contribution in [1.82, 2.24) is 25.0 Å². The van der Waals surface area contributed by atoms with Crippen molar-refractivity contribution in [2.75, 3.05) is 0 Å². The number of benzene rings is 2. The van der Waals surface area contributed by atoms with Gasteiger partial charge in [-0.1, -0.05) is 41.1 Å². The molecule has 5 rings (SSSR count). The zero-order chi connectivity index (χ0) is 25.7. The Morgan fingerprint density at radius 1 is 1.14 bits per heavy atom. The normalized spacial score (nSPS) is 17.7. The first kappa shape index (κ1) is 23.9. The van der Waals surface area contributed by atoms with Gasteiger partial charge in [-0.3, -0.25) is 4.79 Å². The van der Waals surface area contributed by atoms with E-state index in [0.29, 0.717) is 54.7 Å². The molecule has 1 aliphatic rings. The summed E-state index contributed by atoms with van der Waals surface area (Å²) in [7, 11) is 0. The predicted octanol–water partition coefficient (Wildman–Crippen LogP) is 5.19. The van der Waals surface area contributed by atoms with Gasteiger partial charge in [0, 0.05) is 18.1 Å². The highest BCUT2D eigenvalue weighted by molar-refractivity contribution is 5.57. The molecule has 0 aliphatic carbocycles. The van der Waals surface area contributed by atoms with Gasteiger partial charge in [-0.2, -0.15) is 13.2 Å². The van der Waals surface area contributed by atoms with Crippen molar-refractivity contribution in [1.29, 1.82) is 0 Å². The van der Waals surface area contributed by atoms with E-state index in [9.17, 15) is 22.4 Å². The first-order valence-electron chi connectivity index (χ1n) is 11.5. The molecule has 1 atom stereocenters. The summed E-state index contributed by atoms with van der Waals surface area (Å²) in [5.74, 6) is -0.482. The highest BCUT2D eigenvalue weighted by Gasteiger charge is 2.40. The Morgan fingerprint density at radius 2 is 1.94 bits per heavy atom. The third-order valence-electron chi connectivity index (χ3n) is 6.67. The van der Waals surface area contributed by atoms with E-state index >= 15 is 0 Å². The lowest BCUT2D eigenvalue weighted by Gasteiger charge is -2.35. The van der Waals surface area contributed by atoms with Gasteiger partial charge in [-0.05, 0) is 50.8 Å². The monoisotopic (exact) mass is 497 g/mol. The Hall–Kier alpha value is -3.82. The van der Waals surface area contributed by atoms with Gasteiger partial charge in [0.25, 0.3) is 5.56 Å². The second kappa shape index (κ2) is 8.69. The zero-order valence-corrected chi connectivity index (χ0v) is 19.7. The van der Waals surface area contributed by atoms with E-state index in [4.69, 9.17) is 0 Å². The number of alkyl halides is 3. The smallest absolute Gasteiger partial charge is 0.310 e. The quantitative estimate of drug-likeness (QED) is 0.394. The van der Waals surface area contributed by atoms with Gasteiger partial charge in [-0.25, -0.2) is 14.1 Å². The maximum atomic E-state index is 15.0. The number of hydrogen-bond donors (Lipinski definition) is 1. The molecule has 10 heteroatoms. The lowest BCUT2D eigenvalue weighted by Crippen LogP contribution is -2.38. The van der Waals surface area contributed by atoms with Crippen LogP contribution in [-0.2, 0) is 24.6 Å². The van der Waals surface area contributed by atoms with Gasteiger partial charge in [-0.15, -0.1) is 5.10 Å². The predicted molar refractivity (Wildman–Crippen MR) is 125 cm³/mol. The summed E-state index contributed by atoms with van der Waals surface area (Å²) in [5.41, 5.74) is 1.17. The molecule has 2 aromatic heterocycles. The van der Waals surface area contributed by atoms with Crippen LogP contribution in [0.5, 0.6) is 0 Å². The summed E-state index contributed by atoms with van der Waals surface area (Å²) in [6.45, 7) is 3.71. The SMILES string of the molecule is Cc1cccc(Cc2nc(-c3nnn4c3CCCC4(C)c3ccc(C(F)(F)F)cc3F)cc(=O)[nH]2)c1. The molecule has 1 unspecified atom stereocenters. The highest BCUT2D eigenvalue weighted by Crippen LogP contribution is 2.41. The Bertz CT molecular complexity index is 1510. The number of aryl methyl sites for hydroxylation is 1. The molecule has 0 fully saturated rings.